The average Bonchev–Trinajstić information content (AvgIpc) is 3.91. The highest BCUT2D eigenvalue weighted by molar-refractivity contribution is 6.17. The summed E-state index contributed by atoms with van der Waals surface area (Å²) >= 11 is 0. The van der Waals surface area contributed by atoms with Crippen LogP contribution in [0.4, 0.5) is 17.1 Å². The van der Waals surface area contributed by atoms with Crippen molar-refractivity contribution in [2.24, 2.45) is 0 Å². The molecule has 0 amide bonds. The van der Waals surface area contributed by atoms with Crippen molar-refractivity contribution in [3.63, 3.8) is 0 Å². The third-order valence-corrected chi connectivity index (χ3v) is 10.1. The first kappa shape index (κ1) is 28.7. The number of furan rings is 2. The number of nitrogens with zero attached hydrogens (tertiary/aromatic N) is 2. The summed E-state index contributed by atoms with van der Waals surface area (Å²) in [5.74, 6) is 0.590. The molecule has 0 N–H and O–H groups in total. The van der Waals surface area contributed by atoms with Crippen LogP contribution >= 0.6 is 0 Å². The molecule has 0 fully saturated rings. The van der Waals surface area contributed by atoms with Crippen LogP contribution in [0.3, 0.4) is 0 Å². The molecule has 8 aromatic carbocycles. The predicted octanol–water partition coefficient (Wildman–Crippen LogP) is 13.6. The molecule has 0 bridgehead atoms. The van der Waals surface area contributed by atoms with Crippen LogP contribution in [0.2, 0.25) is 0 Å². The van der Waals surface area contributed by atoms with Gasteiger partial charge in [-0.15, -0.1) is 0 Å². The fourth-order valence-corrected chi connectivity index (χ4v) is 7.70. The van der Waals surface area contributed by atoms with Gasteiger partial charge in [0.2, 0.25) is 5.89 Å². The van der Waals surface area contributed by atoms with Gasteiger partial charge in [0.1, 0.15) is 22.3 Å². The summed E-state index contributed by atoms with van der Waals surface area (Å²) in [6.45, 7) is 0. The Hall–Kier alpha value is -7.11. The third kappa shape index (κ3) is 4.39. The molecule has 0 saturated heterocycles. The lowest BCUT2D eigenvalue weighted by Gasteiger charge is -2.26. The highest BCUT2D eigenvalue weighted by Crippen LogP contribution is 2.47. The summed E-state index contributed by atoms with van der Waals surface area (Å²) < 4.78 is 19.4. The second kappa shape index (κ2) is 11.2. The van der Waals surface area contributed by atoms with Gasteiger partial charge in [0, 0.05) is 33.5 Å². The first-order chi connectivity index (χ1) is 25.8. The van der Waals surface area contributed by atoms with Gasteiger partial charge < -0.3 is 18.2 Å². The second-order valence-electron chi connectivity index (χ2n) is 13.1. The molecule has 0 unspecified atom stereocenters. The van der Waals surface area contributed by atoms with Crippen LogP contribution in [0.25, 0.3) is 88.3 Å². The van der Waals surface area contributed by atoms with Crippen LogP contribution in [0.15, 0.2) is 183 Å². The summed E-state index contributed by atoms with van der Waals surface area (Å²) in [7, 11) is 0. The van der Waals surface area contributed by atoms with Gasteiger partial charge in [0.25, 0.3) is 0 Å². The van der Waals surface area contributed by atoms with Crippen molar-refractivity contribution in [2.75, 3.05) is 4.90 Å². The number of para-hydroxylation sites is 2. The van der Waals surface area contributed by atoms with E-state index in [1.165, 1.54) is 16.3 Å². The maximum atomic E-state index is 6.80. The zero-order valence-corrected chi connectivity index (χ0v) is 27.8. The molecular formula is C47H28N2O3. The van der Waals surface area contributed by atoms with E-state index in [0.717, 1.165) is 77.6 Å². The van der Waals surface area contributed by atoms with E-state index in [-0.39, 0.29) is 0 Å². The van der Waals surface area contributed by atoms with Crippen molar-refractivity contribution in [3.05, 3.63) is 170 Å². The van der Waals surface area contributed by atoms with Crippen LogP contribution in [0, 0.1) is 0 Å². The standard InChI is InChI=1S/C47H28N2O3/c1-2-12-31(13-3-1)47-48-38-27-37-35-18-9-20-40(46(35)51-43(37)28-44(38)52-47)49(39-19-10-22-42-45(39)36-16-6-7-21-41(36)50-42)32-25-23-30(24-26-32)34-17-8-14-29-11-4-5-15-33(29)34/h1-28H. The average molecular weight is 669 g/mol. The lowest BCUT2D eigenvalue weighted by Crippen LogP contribution is -2.10. The summed E-state index contributed by atoms with van der Waals surface area (Å²) in [4.78, 5) is 7.14. The molecule has 0 radical (unpaired) electrons. The Labute approximate surface area is 297 Å². The molecule has 0 aliphatic rings. The van der Waals surface area contributed by atoms with Crippen LogP contribution < -0.4 is 4.90 Å². The molecule has 0 aliphatic heterocycles. The Bertz CT molecular complexity index is 3130. The topological polar surface area (TPSA) is 55.6 Å². The van der Waals surface area contributed by atoms with Crippen molar-refractivity contribution in [1.82, 2.24) is 4.98 Å². The number of hydrogen-bond donors (Lipinski definition) is 0. The minimum atomic E-state index is 0.590. The maximum Gasteiger partial charge on any atom is 0.227 e. The van der Waals surface area contributed by atoms with Gasteiger partial charge in [-0.05, 0) is 76.5 Å². The molecule has 11 aromatic rings. The largest absolute Gasteiger partial charge is 0.456 e. The van der Waals surface area contributed by atoms with Gasteiger partial charge in [0.15, 0.2) is 11.2 Å². The highest BCUT2D eigenvalue weighted by atomic mass is 16.4. The van der Waals surface area contributed by atoms with Gasteiger partial charge in [0.05, 0.1) is 16.8 Å². The van der Waals surface area contributed by atoms with Gasteiger partial charge in [-0.2, -0.15) is 0 Å². The quantitative estimate of drug-likeness (QED) is 0.183. The number of aromatic nitrogens is 1. The molecule has 52 heavy (non-hydrogen) atoms. The van der Waals surface area contributed by atoms with Crippen molar-refractivity contribution >= 4 is 82.8 Å². The zero-order chi connectivity index (χ0) is 34.2. The second-order valence-corrected chi connectivity index (χ2v) is 13.1. The number of hydrogen-bond acceptors (Lipinski definition) is 5. The number of fused-ring (bicyclic) bond motifs is 8. The van der Waals surface area contributed by atoms with Gasteiger partial charge in [-0.25, -0.2) is 4.98 Å². The zero-order valence-electron chi connectivity index (χ0n) is 27.8. The van der Waals surface area contributed by atoms with E-state index in [1.807, 2.05) is 54.6 Å². The van der Waals surface area contributed by atoms with E-state index >= 15 is 0 Å². The lowest BCUT2D eigenvalue weighted by atomic mass is 9.98. The lowest BCUT2D eigenvalue weighted by molar-refractivity contribution is 0.617. The Kier molecular flexibility index (Phi) is 6.18. The Morgan fingerprint density at radius 1 is 0.423 bits per heavy atom. The first-order valence-electron chi connectivity index (χ1n) is 17.4. The molecule has 244 valence electrons. The number of benzene rings is 8. The van der Waals surface area contributed by atoms with E-state index < -0.39 is 0 Å². The monoisotopic (exact) mass is 668 g/mol. The molecule has 3 aromatic heterocycles. The number of oxazole rings is 1. The van der Waals surface area contributed by atoms with Gasteiger partial charge in [-0.3, -0.25) is 0 Å². The molecule has 5 heteroatoms. The van der Waals surface area contributed by atoms with E-state index in [4.69, 9.17) is 18.2 Å². The van der Waals surface area contributed by atoms with Crippen molar-refractivity contribution in [1.29, 1.82) is 0 Å². The summed E-state index contributed by atoms with van der Waals surface area (Å²) in [6, 6.07) is 58.6. The Morgan fingerprint density at radius 3 is 2.04 bits per heavy atom. The molecule has 0 spiro atoms. The molecule has 5 nitrogen and oxygen atoms in total. The molecule has 11 rings (SSSR count). The summed E-state index contributed by atoms with van der Waals surface area (Å²) in [5, 5.41) is 6.53. The maximum absolute atomic E-state index is 6.80. The number of rotatable bonds is 5. The molecule has 0 saturated carbocycles. The Balaban J connectivity index is 1.13. The predicted molar refractivity (Wildman–Crippen MR) is 212 cm³/mol. The highest BCUT2D eigenvalue weighted by Gasteiger charge is 2.24. The van der Waals surface area contributed by atoms with Crippen LogP contribution in [0.1, 0.15) is 0 Å². The summed E-state index contributed by atoms with van der Waals surface area (Å²) in [6.07, 6.45) is 0. The van der Waals surface area contributed by atoms with Crippen LogP contribution in [-0.4, -0.2) is 4.98 Å². The Morgan fingerprint density at radius 2 is 1.13 bits per heavy atom. The SMILES string of the molecule is c1ccc(-c2nc3cc4c(cc3o2)oc2c(N(c3ccc(-c5cccc6ccccc56)cc3)c3cccc5oc6ccccc6c35)cccc24)cc1. The van der Waals surface area contributed by atoms with Crippen molar-refractivity contribution < 1.29 is 13.3 Å². The smallest absolute Gasteiger partial charge is 0.227 e. The number of anilines is 3. The van der Waals surface area contributed by atoms with E-state index in [2.05, 4.69) is 120 Å². The van der Waals surface area contributed by atoms with E-state index in [9.17, 15) is 0 Å². The van der Waals surface area contributed by atoms with E-state index in [1.54, 1.807) is 0 Å². The fraction of sp³-hybridized carbons (Fsp3) is 0. The van der Waals surface area contributed by atoms with Crippen LogP contribution in [0.5, 0.6) is 0 Å². The normalized spacial score (nSPS) is 11.8. The molecule has 3 heterocycles. The van der Waals surface area contributed by atoms with Crippen LogP contribution in [-0.2, 0) is 0 Å². The van der Waals surface area contributed by atoms with Crippen molar-refractivity contribution in [2.45, 2.75) is 0 Å². The molecule has 0 aliphatic carbocycles. The minimum absolute atomic E-state index is 0.590. The van der Waals surface area contributed by atoms with Crippen molar-refractivity contribution in [3.8, 4) is 22.6 Å². The van der Waals surface area contributed by atoms with E-state index in [0.29, 0.717) is 11.5 Å². The first-order valence-corrected chi connectivity index (χ1v) is 17.4. The molecule has 0 atom stereocenters. The molecular weight excluding hydrogens is 641 g/mol. The minimum Gasteiger partial charge on any atom is -0.456 e. The fourth-order valence-electron chi connectivity index (χ4n) is 7.70. The third-order valence-electron chi connectivity index (χ3n) is 10.1. The van der Waals surface area contributed by atoms with Gasteiger partial charge in [-0.1, -0.05) is 109 Å². The summed E-state index contributed by atoms with van der Waals surface area (Å²) in [5.41, 5.74) is 10.9. The van der Waals surface area contributed by atoms with Gasteiger partial charge >= 0.3 is 0 Å².